The molecular weight excluding hydrogens is 594 g/mol. The summed E-state index contributed by atoms with van der Waals surface area (Å²) in [5.41, 5.74) is 3.57. The van der Waals surface area contributed by atoms with Gasteiger partial charge < -0.3 is 15.2 Å². The summed E-state index contributed by atoms with van der Waals surface area (Å²) < 4.78 is 21.8. The number of aliphatic hydroxyl groups excluding tert-OH is 1. The number of hydrogen-bond acceptors (Lipinski definition) is 6. The molecule has 0 bridgehead atoms. The molecule has 0 saturated carbocycles. The maximum atomic E-state index is 14.7. The number of aldehydes is 1. The standard InChI is InChI=1S/C32H29Cl2FN4O4/c1-43-29-14-18(13-24(35)23(29)17-40)20-5-2-6-21(30(20)33)22-7-3-8-25(31(22)34)36-32(42)26-15-28-27(9-4-11-39(28)37-26)38-12-10-19(41)16-38/h2-3,5-8,13-15,17,19,27,41H,4,9-12,16H2,1H3,(H,36,42)/t19-,27?/m1/s1. The number of benzene rings is 3. The van der Waals surface area contributed by atoms with E-state index in [9.17, 15) is 19.1 Å². The van der Waals surface area contributed by atoms with Crippen LogP contribution >= 0.6 is 23.2 Å². The van der Waals surface area contributed by atoms with E-state index in [-0.39, 0.29) is 40.1 Å². The smallest absolute Gasteiger partial charge is 0.276 e. The molecule has 6 rings (SSSR count). The lowest BCUT2D eigenvalue weighted by Crippen LogP contribution is -2.32. The van der Waals surface area contributed by atoms with Crippen LogP contribution in [0.5, 0.6) is 5.75 Å². The first-order chi connectivity index (χ1) is 20.8. The number of rotatable bonds is 7. The Hall–Kier alpha value is -3.76. The lowest BCUT2D eigenvalue weighted by atomic mass is 9.97. The summed E-state index contributed by atoms with van der Waals surface area (Å²) in [4.78, 5) is 26.9. The molecule has 222 valence electrons. The van der Waals surface area contributed by atoms with Crippen LogP contribution in [0, 0.1) is 5.82 Å². The van der Waals surface area contributed by atoms with E-state index in [0.717, 1.165) is 38.0 Å². The van der Waals surface area contributed by atoms with Gasteiger partial charge in [0.05, 0.1) is 46.2 Å². The number of aliphatic hydroxyl groups is 1. The van der Waals surface area contributed by atoms with Gasteiger partial charge in [0, 0.05) is 36.3 Å². The number of anilines is 1. The summed E-state index contributed by atoms with van der Waals surface area (Å²) in [6.45, 7) is 2.17. The third-order valence-corrected chi connectivity index (χ3v) is 8.96. The van der Waals surface area contributed by atoms with Crippen LogP contribution in [0.4, 0.5) is 10.1 Å². The molecule has 1 saturated heterocycles. The lowest BCUT2D eigenvalue weighted by Gasteiger charge is -2.31. The number of ether oxygens (including phenoxy) is 1. The molecule has 2 aliphatic rings. The number of aryl methyl sites for hydroxylation is 1. The molecule has 2 aliphatic heterocycles. The first kappa shape index (κ1) is 29.3. The average molecular weight is 624 g/mol. The van der Waals surface area contributed by atoms with Gasteiger partial charge in [-0.05, 0) is 49.1 Å². The molecule has 3 aromatic carbocycles. The molecule has 1 amide bonds. The summed E-state index contributed by atoms with van der Waals surface area (Å²) in [6, 6.07) is 15.2. The molecule has 1 unspecified atom stereocenters. The first-order valence-corrected chi connectivity index (χ1v) is 14.8. The molecule has 0 radical (unpaired) electrons. The zero-order valence-corrected chi connectivity index (χ0v) is 24.8. The van der Waals surface area contributed by atoms with E-state index in [2.05, 4.69) is 15.3 Å². The van der Waals surface area contributed by atoms with Gasteiger partial charge in [0.2, 0.25) is 0 Å². The quantitative estimate of drug-likeness (QED) is 0.224. The number of fused-ring (bicyclic) bond motifs is 1. The topological polar surface area (TPSA) is 96.7 Å². The first-order valence-electron chi connectivity index (χ1n) is 14.0. The number of methoxy groups -OCH3 is 1. The molecule has 2 N–H and O–H groups in total. The van der Waals surface area contributed by atoms with Crippen LogP contribution in [-0.4, -0.2) is 58.3 Å². The van der Waals surface area contributed by atoms with E-state index in [0.29, 0.717) is 45.8 Å². The highest BCUT2D eigenvalue weighted by Gasteiger charge is 2.33. The number of hydrogen-bond donors (Lipinski definition) is 2. The minimum absolute atomic E-state index is 0.0968. The number of aromatic nitrogens is 2. The second-order valence-electron chi connectivity index (χ2n) is 10.8. The maximum absolute atomic E-state index is 14.7. The SMILES string of the molecule is COc1cc(-c2cccc(-c3cccc(NC(=O)c4cc5n(n4)CCCC5N4CC[C@@H](O)C4)c3Cl)c2Cl)cc(F)c1C=O. The fourth-order valence-electron chi connectivity index (χ4n) is 6.01. The number of halogens is 3. The van der Waals surface area contributed by atoms with Crippen molar-refractivity contribution in [2.24, 2.45) is 0 Å². The average Bonchev–Trinajstić information content (AvgIpc) is 3.64. The Morgan fingerprint density at radius 1 is 1.07 bits per heavy atom. The Labute approximate surface area is 258 Å². The number of β-amino-alcohol motifs (C(OH)–C–C–N with tert-alkyl or cyclic N) is 1. The van der Waals surface area contributed by atoms with Crippen molar-refractivity contribution in [2.45, 2.75) is 38.0 Å². The Bertz CT molecular complexity index is 1730. The molecule has 11 heteroatoms. The van der Waals surface area contributed by atoms with Gasteiger partial charge in [-0.3, -0.25) is 19.2 Å². The highest BCUT2D eigenvalue weighted by atomic mass is 35.5. The van der Waals surface area contributed by atoms with Crippen molar-refractivity contribution >= 4 is 41.1 Å². The normalized spacial score (nSPS) is 18.3. The highest BCUT2D eigenvalue weighted by molar-refractivity contribution is 6.39. The molecule has 4 aromatic rings. The van der Waals surface area contributed by atoms with Crippen LogP contribution < -0.4 is 10.1 Å². The molecule has 8 nitrogen and oxygen atoms in total. The lowest BCUT2D eigenvalue weighted by molar-refractivity contribution is 0.102. The Balaban J connectivity index is 1.28. The van der Waals surface area contributed by atoms with Crippen molar-refractivity contribution in [3.63, 3.8) is 0 Å². The number of amides is 1. The molecule has 1 aromatic heterocycles. The molecule has 3 heterocycles. The molecule has 0 aliphatic carbocycles. The van der Waals surface area contributed by atoms with Gasteiger partial charge in [0.1, 0.15) is 11.6 Å². The number of carbonyl (C=O) groups is 2. The number of carbonyl (C=O) groups excluding carboxylic acids is 2. The largest absolute Gasteiger partial charge is 0.496 e. The van der Waals surface area contributed by atoms with Gasteiger partial charge in [-0.15, -0.1) is 0 Å². The third-order valence-electron chi connectivity index (χ3n) is 8.14. The predicted molar refractivity (Wildman–Crippen MR) is 164 cm³/mol. The van der Waals surface area contributed by atoms with Crippen LogP contribution in [0.3, 0.4) is 0 Å². The fourth-order valence-corrected chi connectivity index (χ4v) is 6.62. The van der Waals surface area contributed by atoms with Crippen molar-refractivity contribution in [1.29, 1.82) is 0 Å². The summed E-state index contributed by atoms with van der Waals surface area (Å²) in [7, 11) is 1.36. The maximum Gasteiger partial charge on any atom is 0.276 e. The van der Waals surface area contributed by atoms with E-state index in [4.69, 9.17) is 27.9 Å². The Kier molecular flexibility index (Phi) is 8.24. The van der Waals surface area contributed by atoms with Crippen molar-refractivity contribution < 1.29 is 23.8 Å². The second kappa shape index (κ2) is 12.1. The summed E-state index contributed by atoms with van der Waals surface area (Å²) in [5, 5.41) is 18.1. The summed E-state index contributed by atoms with van der Waals surface area (Å²) >= 11 is 13.7. The van der Waals surface area contributed by atoms with Crippen molar-refractivity contribution in [1.82, 2.24) is 14.7 Å². The van der Waals surface area contributed by atoms with E-state index >= 15 is 0 Å². The molecule has 0 spiro atoms. The molecular formula is C32H29Cl2FN4O4. The number of nitrogens with one attached hydrogen (secondary N) is 1. The van der Waals surface area contributed by atoms with Gasteiger partial charge >= 0.3 is 0 Å². The van der Waals surface area contributed by atoms with Gasteiger partial charge in [0.15, 0.2) is 12.0 Å². The zero-order chi connectivity index (χ0) is 30.2. The summed E-state index contributed by atoms with van der Waals surface area (Å²) in [6.07, 6.45) is 2.73. The Morgan fingerprint density at radius 3 is 2.53 bits per heavy atom. The molecule has 2 atom stereocenters. The molecule has 43 heavy (non-hydrogen) atoms. The van der Waals surface area contributed by atoms with E-state index in [1.54, 1.807) is 42.5 Å². The molecule has 1 fully saturated rings. The minimum atomic E-state index is -0.723. The van der Waals surface area contributed by atoms with Gasteiger partial charge in [-0.2, -0.15) is 5.10 Å². The zero-order valence-electron chi connectivity index (χ0n) is 23.3. The van der Waals surface area contributed by atoms with Crippen LogP contribution in [0.2, 0.25) is 10.0 Å². The fraction of sp³-hybridized carbons (Fsp3) is 0.281. The third kappa shape index (κ3) is 5.54. The van der Waals surface area contributed by atoms with Gasteiger partial charge in [-0.25, -0.2) is 4.39 Å². The van der Waals surface area contributed by atoms with E-state index in [1.165, 1.54) is 13.2 Å². The van der Waals surface area contributed by atoms with Gasteiger partial charge in [-0.1, -0.05) is 53.5 Å². The van der Waals surface area contributed by atoms with Crippen molar-refractivity contribution in [3.8, 4) is 28.0 Å². The van der Waals surface area contributed by atoms with Crippen LogP contribution in [0.1, 0.15) is 51.8 Å². The van der Waals surface area contributed by atoms with Crippen molar-refractivity contribution in [2.75, 3.05) is 25.5 Å². The van der Waals surface area contributed by atoms with Gasteiger partial charge in [0.25, 0.3) is 5.91 Å². The Morgan fingerprint density at radius 2 is 1.81 bits per heavy atom. The highest BCUT2D eigenvalue weighted by Crippen LogP contribution is 2.42. The monoisotopic (exact) mass is 622 g/mol. The summed E-state index contributed by atoms with van der Waals surface area (Å²) in [5.74, 6) is -1.02. The minimum Gasteiger partial charge on any atom is -0.496 e. The second-order valence-corrected chi connectivity index (χ2v) is 11.5. The van der Waals surface area contributed by atoms with E-state index < -0.39 is 5.82 Å². The van der Waals surface area contributed by atoms with Crippen LogP contribution in [0.25, 0.3) is 22.3 Å². The van der Waals surface area contributed by atoms with Crippen LogP contribution in [0.15, 0.2) is 54.6 Å². The number of nitrogens with zero attached hydrogens (tertiary/aromatic N) is 3. The van der Waals surface area contributed by atoms with Crippen molar-refractivity contribution in [3.05, 3.63) is 87.4 Å². The predicted octanol–water partition coefficient (Wildman–Crippen LogP) is 6.64. The number of likely N-dealkylation sites (tertiary alicyclic amines) is 1. The van der Waals surface area contributed by atoms with Crippen LogP contribution in [-0.2, 0) is 6.54 Å². The van der Waals surface area contributed by atoms with E-state index in [1.807, 2.05) is 10.7 Å².